The van der Waals surface area contributed by atoms with E-state index >= 15 is 0 Å². The van der Waals surface area contributed by atoms with Crippen molar-refractivity contribution in [3.05, 3.63) is 111 Å². The van der Waals surface area contributed by atoms with Gasteiger partial charge in [-0.25, -0.2) is 4.90 Å². The van der Waals surface area contributed by atoms with Crippen molar-refractivity contribution in [1.82, 2.24) is 0 Å². The van der Waals surface area contributed by atoms with Crippen LogP contribution < -0.4 is 20.3 Å². The van der Waals surface area contributed by atoms with Gasteiger partial charge >= 0.3 is 0 Å². The maximum atomic E-state index is 13.6. The van der Waals surface area contributed by atoms with Crippen molar-refractivity contribution in [2.24, 2.45) is 0 Å². The highest BCUT2D eigenvalue weighted by molar-refractivity contribution is 8.04. The zero-order valence-corrected chi connectivity index (χ0v) is 23.1. The van der Waals surface area contributed by atoms with E-state index in [4.69, 9.17) is 4.74 Å². The van der Waals surface area contributed by atoms with E-state index in [0.29, 0.717) is 22.0 Å². The fourth-order valence-electron chi connectivity index (χ4n) is 3.97. The Hall–Kier alpha value is -4.34. The molecule has 2 heterocycles. The lowest BCUT2D eigenvalue weighted by atomic mass is 10.1. The largest absolute Gasteiger partial charge is 0.497 e. The van der Waals surface area contributed by atoms with Crippen LogP contribution >= 0.6 is 23.1 Å². The van der Waals surface area contributed by atoms with Gasteiger partial charge in [0.05, 0.1) is 17.7 Å². The van der Waals surface area contributed by atoms with Gasteiger partial charge in [-0.2, -0.15) is 0 Å². The van der Waals surface area contributed by atoms with E-state index in [9.17, 15) is 14.4 Å². The molecule has 0 saturated heterocycles. The summed E-state index contributed by atoms with van der Waals surface area (Å²) in [7, 11) is 1.56. The highest BCUT2D eigenvalue weighted by Gasteiger charge is 2.40. The van der Waals surface area contributed by atoms with Gasteiger partial charge in [0.2, 0.25) is 0 Å². The molecule has 0 fully saturated rings. The first-order chi connectivity index (χ1) is 18.8. The maximum Gasteiger partial charge on any atom is 0.283 e. The number of carbonyl (C=O) groups excluding carboxylic acids is 3. The smallest absolute Gasteiger partial charge is 0.283 e. The SMILES string of the molecule is COc1ccc(N2C(=O)C(Nc3ccc(C)c(C)c3)=C(Sc3ccc(NC(=O)c4cccs4)cc3)C2=O)cc1. The number of amides is 3. The second-order valence-electron chi connectivity index (χ2n) is 8.83. The number of hydrogen-bond acceptors (Lipinski definition) is 7. The Labute approximate surface area is 234 Å². The molecule has 0 radical (unpaired) electrons. The number of thioether (sulfide) groups is 1. The molecule has 5 rings (SSSR count). The third-order valence-corrected chi connectivity index (χ3v) is 8.18. The van der Waals surface area contributed by atoms with Crippen LogP contribution in [-0.4, -0.2) is 24.8 Å². The van der Waals surface area contributed by atoms with E-state index in [1.807, 2.05) is 55.6 Å². The Morgan fingerprint density at radius 1 is 0.872 bits per heavy atom. The van der Waals surface area contributed by atoms with Gasteiger partial charge in [0.25, 0.3) is 17.7 Å². The maximum absolute atomic E-state index is 13.6. The van der Waals surface area contributed by atoms with Crippen LogP contribution in [0.4, 0.5) is 17.1 Å². The van der Waals surface area contributed by atoms with E-state index in [1.54, 1.807) is 49.6 Å². The molecule has 196 valence electrons. The third-order valence-electron chi connectivity index (χ3n) is 6.23. The average molecular weight is 556 g/mol. The molecule has 7 nitrogen and oxygen atoms in total. The van der Waals surface area contributed by atoms with Gasteiger partial charge in [-0.3, -0.25) is 14.4 Å². The molecule has 0 bridgehead atoms. The lowest BCUT2D eigenvalue weighted by Crippen LogP contribution is -2.32. The number of imide groups is 1. The minimum atomic E-state index is -0.439. The fourth-order valence-corrected chi connectivity index (χ4v) is 5.51. The number of aryl methyl sites for hydroxylation is 2. The molecule has 3 amide bonds. The van der Waals surface area contributed by atoms with Crippen LogP contribution in [0.25, 0.3) is 0 Å². The minimum Gasteiger partial charge on any atom is -0.497 e. The van der Waals surface area contributed by atoms with Gasteiger partial charge in [-0.15, -0.1) is 11.3 Å². The molecular weight excluding hydrogens is 530 g/mol. The van der Waals surface area contributed by atoms with Gasteiger partial charge in [-0.1, -0.05) is 23.9 Å². The Morgan fingerprint density at radius 2 is 1.59 bits per heavy atom. The van der Waals surface area contributed by atoms with Crippen LogP contribution in [0.5, 0.6) is 5.75 Å². The lowest BCUT2D eigenvalue weighted by molar-refractivity contribution is -0.120. The first kappa shape index (κ1) is 26.3. The number of hydrogen-bond donors (Lipinski definition) is 2. The van der Waals surface area contributed by atoms with Gasteiger partial charge in [0.1, 0.15) is 16.4 Å². The summed E-state index contributed by atoms with van der Waals surface area (Å²) in [6.45, 7) is 4.01. The Morgan fingerprint density at radius 3 is 2.23 bits per heavy atom. The van der Waals surface area contributed by atoms with Gasteiger partial charge in [0.15, 0.2) is 0 Å². The number of rotatable bonds is 8. The summed E-state index contributed by atoms with van der Waals surface area (Å²) >= 11 is 2.57. The van der Waals surface area contributed by atoms with Crippen molar-refractivity contribution in [1.29, 1.82) is 0 Å². The summed E-state index contributed by atoms with van der Waals surface area (Å²) in [5.74, 6) is -0.415. The molecule has 1 aliphatic heterocycles. The van der Waals surface area contributed by atoms with E-state index in [2.05, 4.69) is 10.6 Å². The number of nitrogens with zero attached hydrogens (tertiary/aromatic N) is 1. The van der Waals surface area contributed by atoms with E-state index in [-0.39, 0.29) is 16.5 Å². The highest BCUT2D eigenvalue weighted by atomic mass is 32.2. The highest BCUT2D eigenvalue weighted by Crippen LogP contribution is 2.38. The van der Waals surface area contributed by atoms with Gasteiger partial charge < -0.3 is 15.4 Å². The van der Waals surface area contributed by atoms with Crippen molar-refractivity contribution in [2.75, 3.05) is 22.6 Å². The van der Waals surface area contributed by atoms with Crippen LogP contribution in [0, 0.1) is 13.8 Å². The molecule has 9 heteroatoms. The average Bonchev–Trinajstić information content (AvgIpc) is 3.56. The number of ether oxygens (including phenoxy) is 1. The van der Waals surface area contributed by atoms with Crippen LogP contribution in [0.2, 0.25) is 0 Å². The molecule has 0 unspecified atom stereocenters. The van der Waals surface area contributed by atoms with Crippen molar-refractivity contribution in [3.63, 3.8) is 0 Å². The quantitative estimate of drug-likeness (QED) is 0.238. The zero-order chi connectivity index (χ0) is 27.5. The van der Waals surface area contributed by atoms with Crippen LogP contribution in [0.3, 0.4) is 0 Å². The topological polar surface area (TPSA) is 87.7 Å². The van der Waals surface area contributed by atoms with E-state index in [0.717, 1.165) is 21.7 Å². The monoisotopic (exact) mass is 555 g/mol. The minimum absolute atomic E-state index is 0.181. The van der Waals surface area contributed by atoms with E-state index < -0.39 is 11.8 Å². The second-order valence-corrected chi connectivity index (χ2v) is 10.9. The third kappa shape index (κ3) is 5.59. The van der Waals surface area contributed by atoms with Gasteiger partial charge in [0, 0.05) is 16.3 Å². The van der Waals surface area contributed by atoms with Crippen LogP contribution in [-0.2, 0) is 9.59 Å². The number of anilines is 3. The number of nitrogens with one attached hydrogen (secondary N) is 2. The molecule has 0 spiro atoms. The standard InChI is InChI=1S/C30H25N3O4S2/c1-18-6-7-21(17-19(18)2)31-26-27(30(36)33(29(26)35)22-10-12-23(37-3)13-11-22)39-24-14-8-20(9-15-24)32-28(34)25-5-4-16-38-25/h4-17,31H,1-3H3,(H,32,34). The first-order valence-electron chi connectivity index (χ1n) is 12.1. The molecule has 0 aliphatic carbocycles. The Balaban J connectivity index is 1.43. The second kappa shape index (κ2) is 11.2. The summed E-state index contributed by atoms with van der Waals surface area (Å²) in [5, 5.41) is 7.92. The predicted octanol–water partition coefficient (Wildman–Crippen LogP) is 6.62. The number of methoxy groups -OCH3 is 1. The van der Waals surface area contributed by atoms with Crippen LogP contribution in [0.1, 0.15) is 20.8 Å². The normalized spacial score (nSPS) is 13.2. The molecule has 3 aromatic carbocycles. The molecule has 39 heavy (non-hydrogen) atoms. The van der Waals surface area contributed by atoms with Crippen molar-refractivity contribution >= 4 is 57.9 Å². The van der Waals surface area contributed by atoms with Crippen molar-refractivity contribution in [2.45, 2.75) is 18.7 Å². The Bertz CT molecular complexity index is 1580. The molecule has 2 N–H and O–H groups in total. The number of carbonyl (C=O) groups is 3. The molecule has 0 saturated carbocycles. The molecule has 0 atom stereocenters. The summed E-state index contributed by atoms with van der Waals surface area (Å²) in [6, 6.07) is 23.3. The van der Waals surface area contributed by atoms with Gasteiger partial charge in [-0.05, 0) is 97.1 Å². The molecule has 1 aromatic heterocycles. The van der Waals surface area contributed by atoms with Crippen molar-refractivity contribution < 1.29 is 19.1 Å². The van der Waals surface area contributed by atoms with Crippen LogP contribution in [0.15, 0.2) is 99.7 Å². The van der Waals surface area contributed by atoms with Crippen molar-refractivity contribution in [3.8, 4) is 5.75 Å². The predicted molar refractivity (Wildman–Crippen MR) is 157 cm³/mol. The molecule has 1 aliphatic rings. The zero-order valence-electron chi connectivity index (χ0n) is 21.5. The molecule has 4 aromatic rings. The summed E-state index contributed by atoms with van der Waals surface area (Å²) in [6.07, 6.45) is 0. The number of thiophene rings is 1. The molecular formula is C30H25N3O4S2. The summed E-state index contributed by atoms with van der Waals surface area (Å²) in [4.78, 5) is 42.4. The number of benzene rings is 3. The Kier molecular flexibility index (Phi) is 7.53. The fraction of sp³-hybridized carbons (Fsp3) is 0.100. The summed E-state index contributed by atoms with van der Waals surface area (Å²) < 4.78 is 5.22. The lowest BCUT2D eigenvalue weighted by Gasteiger charge is -2.16. The van der Waals surface area contributed by atoms with E-state index in [1.165, 1.54) is 28.0 Å². The first-order valence-corrected chi connectivity index (χ1v) is 13.8. The summed E-state index contributed by atoms with van der Waals surface area (Å²) in [5.41, 5.74) is 4.21.